The van der Waals surface area contributed by atoms with Gasteiger partial charge in [0.2, 0.25) is 0 Å². The Kier molecular flexibility index (Phi) is 5.07. The molecule has 0 aliphatic rings. The molecule has 3 N–H and O–H groups in total. The van der Waals surface area contributed by atoms with Crippen LogP contribution in [-0.4, -0.2) is 25.1 Å². The molecule has 1 atom stereocenters. The molecule has 33 heavy (non-hydrogen) atoms. The van der Waals surface area contributed by atoms with Gasteiger partial charge in [-0.2, -0.15) is 0 Å². The van der Waals surface area contributed by atoms with Crippen molar-refractivity contribution >= 4 is 39.6 Å². The number of amides is 1. The van der Waals surface area contributed by atoms with Crippen molar-refractivity contribution in [2.24, 2.45) is 0 Å². The third-order valence-corrected chi connectivity index (χ3v) is 5.84. The fraction of sp³-hybridized carbons (Fsp3) is 0.0833. The Morgan fingerprint density at radius 3 is 2.70 bits per heavy atom. The molecule has 3 heterocycles. The van der Waals surface area contributed by atoms with Gasteiger partial charge in [-0.25, -0.2) is 9.50 Å². The number of hydrogen-bond acceptors (Lipinski definition) is 5. The van der Waals surface area contributed by atoms with Crippen LogP contribution in [0.25, 0.3) is 22.0 Å². The molecule has 9 heteroatoms. The number of carbonyl (C=O) groups is 1. The second kappa shape index (κ2) is 8.07. The van der Waals surface area contributed by atoms with Crippen LogP contribution >= 0.6 is 11.6 Å². The van der Waals surface area contributed by atoms with E-state index in [0.29, 0.717) is 32.7 Å². The summed E-state index contributed by atoms with van der Waals surface area (Å²) in [6.07, 6.45) is 3.04. The van der Waals surface area contributed by atoms with Crippen LogP contribution in [0.5, 0.6) is 0 Å². The van der Waals surface area contributed by atoms with Crippen LogP contribution in [0.1, 0.15) is 29.0 Å². The number of para-hydroxylation sites is 1. The quantitative estimate of drug-likeness (QED) is 0.426. The Morgan fingerprint density at radius 1 is 1.12 bits per heavy atom. The first-order valence-corrected chi connectivity index (χ1v) is 10.6. The van der Waals surface area contributed by atoms with Crippen LogP contribution in [0.2, 0.25) is 5.02 Å². The van der Waals surface area contributed by atoms with Crippen molar-refractivity contribution in [1.29, 1.82) is 0 Å². The zero-order chi connectivity index (χ0) is 23.1. The number of benzene rings is 2. The van der Waals surface area contributed by atoms with Crippen molar-refractivity contribution in [1.82, 2.24) is 24.5 Å². The number of halogens is 1. The van der Waals surface area contributed by atoms with Crippen LogP contribution < -0.4 is 16.6 Å². The van der Waals surface area contributed by atoms with E-state index in [0.717, 1.165) is 0 Å². The monoisotopic (exact) mass is 458 g/mol. The lowest BCUT2D eigenvalue weighted by atomic mass is 10.1. The Labute approximate surface area is 193 Å². The molecule has 2 aromatic carbocycles. The van der Waals surface area contributed by atoms with E-state index in [1.54, 1.807) is 29.0 Å². The van der Waals surface area contributed by atoms with Crippen molar-refractivity contribution in [2.75, 3.05) is 5.73 Å². The summed E-state index contributed by atoms with van der Waals surface area (Å²) in [6, 6.07) is 17.5. The third kappa shape index (κ3) is 3.50. The zero-order valence-electron chi connectivity index (χ0n) is 17.6. The van der Waals surface area contributed by atoms with Crippen LogP contribution in [0.3, 0.4) is 0 Å². The molecule has 8 nitrogen and oxygen atoms in total. The average molecular weight is 459 g/mol. The lowest BCUT2D eigenvalue weighted by Crippen LogP contribution is -2.32. The van der Waals surface area contributed by atoms with Gasteiger partial charge in [0.05, 0.1) is 22.0 Å². The number of hydrogen-bond donors (Lipinski definition) is 2. The molecule has 0 radical (unpaired) electrons. The minimum atomic E-state index is -0.537. The molecule has 5 aromatic rings. The summed E-state index contributed by atoms with van der Waals surface area (Å²) in [4.78, 5) is 30.7. The summed E-state index contributed by atoms with van der Waals surface area (Å²) < 4.78 is 3.02. The SMILES string of the molecule is C[C@H](NC(=O)c1c(N)nn2cnccc12)c1cc2cccc(Cl)c2c(=O)n1-c1ccccc1. The van der Waals surface area contributed by atoms with E-state index in [1.165, 1.54) is 10.8 Å². The van der Waals surface area contributed by atoms with Gasteiger partial charge < -0.3 is 11.1 Å². The minimum absolute atomic E-state index is 0.0958. The maximum absolute atomic E-state index is 13.5. The molecule has 0 saturated carbocycles. The summed E-state index contributed by atoms with van der Waals surface area (Å²) >= 11 is 6.37. The summed E-state index contributed by atoms with van der Waals surface area (Å²) in [6.45, 7) is 1.81. The van der Waals surface area contributed by atoms with Crippen LogP contribution in [0, 0.1) is 0 Å². The third-order valence-electron chi connectivity index (χ3n) is 5.53. The first-order valence-electron chi connectivity index (χ1n) is 10.2. The lowest BCUT2D eigenvalue weighted by Gasteiger charge is -2.21. The number of pyridine rings is 1. The second-order valence-electron chi connectivity index (χ2n) is 7.61. The maximum Gasteiger partial charge on any atom is 0.264 e. The number of nitrogens with zero attached hydrogens (tertiary/aromatic N) is 4. The van der Waals surface area contributed by atoms with Crippen molar-refractivity contribution in [3.8, 4) is 5.69 Å². The fourth-order valence-corrected chi connectivity index (χ4v) is 4.27. The Balaban J connectivity index is 1.64. The average Bonchev–Trinajstić information content (AvgIpc) is 3.15. The lowest BCUT2D eigenvalue weighted by molar-refractivity contribution is 0.0941. The van der Waals surface area contributed by atoms with Crippen molar-refractivity contribution in [3.63, 3.8) is 0 Å². The number of nitrogens with one attached hydrogen (secondary N) is 1. The van der Waals surface area contributed by atoms with Gasteiger partial charge >= 0.3 is 0 Å². The topological polar surface area (TPSA) is 107 Å². The normalized spacial score (nSPS) is 12.2. The molecule has 1 amide bonds. The fourth-order valence-electron chi connectivity index (χ4n) is 4.01. The highest BCUT2D eigenvalue weighted by molar-refractivity contribution is 6.35. The predicted molar refractivity (Wildman–Crippen MR) is 128 cm³/mol. The number of carbonyl (C=O) groups excluding carboxylic acids is 1. The van der Waals surface area contributed by atoms with Crippen LogP contribution in [0.15, 0.2) is 78.0 Å². The molecule has 0 unspecified atom stereocenters. The minimum Gasteiger partial charge on any atom is -0.382 e. The molecule has 0 bridgehead atoms. The van der Waals surface area contributed by atoms with Gasteiger partial charge in [0.1, 0.15) is 11.9 Å². The molecule has 0 aliphatic heterocycles. The summed E-state index contributed by atoms with van der Waals surface area (Å²) in [5.41, 5.74) is 7.81. The zero-order valence-corrected chi connectivity index (χ0v) is 18.3. The van der Waals surface area contributed by atoms with Crippen molar-refractivity contribution < 1.29 is 4.79 Å². The van der Waals surface area contributed by atoms with Crippen LogP contribution in [-0.2, 0) is 0 Å². The van der Waals surface area contributed by atoms with Crippen LogP contribution in [0.4, 0.5) is 5.82 Å². The standard InChI is InChI=1S/C24H19ClN6O2/c1-14(28-23(32)21-18-10-11-27-13-30(18)29-22(21)26)19-12-15-6-5-9-17(25)20(15)24(33)31(19)16-7-3-2-4-8-16/h2-14H,1H3,(H2,26,29)(H,28,32)/t14-/m0/s1. The van der Waals surface area contributed by atoms with E-state index >= 15 is 0 Å². The van der Waals surface area contributed by atoms with Gasteiger partial charge in [-0.1, -0.05) is 41.9 Å². The van der Waals surface area contributed by atoms with E-state index in [-0.39, 0.29) is 16.9 Å². The second-order valence-corrected chi connectivity index (χ2v) is 8.02. The predicted octanol–water partition coefficient (Wildman–Crippen LogP) is 3.76. The molecule has 0 aliphatic carbocycles. The summed E-state index contributed by atoms with van der Waals surface area (Å²) in [5, 5.41) is 8.59. The first-order chi connectivity index (χ1) is 16.0. The Bertz CT molecular complexity index is 1580. The van der Waals surface area contributed by atoms with E-state index < -0.39 is 11.9 Å². The van der Waals surface area contributed by atoms with Gasteiger partial charge in [0, 0.05) is 17.6 Å². The van der Waals surface area contributed by atoms with Gasteiger partial charge in [-0.3, -0.25) is 14.2 Å². The van der Waals surface area contributed by atoms with E-state index in [9.17, 15) is 9.59 Å². The molecule has 0 fully saturated rings. The number of aromatic nitrogens is 4. The van der Waals surface area contributed by atoms with Gasteiger partial charge in [0.25, 0.3) is 11.5 Å². The highest BCUT2D eigenvalue weighted by Crippen LogP contribution is 2.26. The highest BCUT2D eigenvalue weighted by Gasteiger charge is 2.23. The van der Waals surface area contributed by atoms with Gasteiger partial charge in [-0.15, -0.1) is 5.10 Å². The molecule has 3 aromatic heterocycles. The molecule has 0 spiro atoms. The molecule has 164 valence electrons. The Morgan fingerprint density at radius 2 is 1.91 bits per heavy atom. The summed E-state index contributed by atoms with van der Waals surface area (Å²) in [7, 11) is 0. The smallest absolute Gasteiger partial charge is 0.264 e. The molecular weight excluding hydrogens is 440 g/mol. The van der Waals surface area contributed by atoms with E-state index in [4.69, 9.17) is 17.3 Å². The largest absolute Gasteiger partial charge is 0.382 e. The maximum atomic E-state index is 13.5. The number of anilines is 1. The van der Waals surface area contributed by atoms with Crippen molar-refractivity contribution in [2.45, 2.75) is 13.0 Å². The molecule has 0 saturated heterocycles. The molecular formula is C24H19ClN6O2. The Hall–Kier alpha value is -4.17. The highest BCUT2D eigenvalue weighted by atomic mass is 35.5. The number of nitrogens with two attached hydrogens (primary N) is 1. The number of rotatable bonds is 4. The van der Waals surface area contributed by atoms with Crippen molar-refractivity contribution in [3.05, 3.63) is 99.8 Å². The van der Waals surface area contributed by atoms with E-state index in [1.807, 2.05) is 49.4 Å². The number of nitrogen functional groups attached to an aromatic ring is 1. The van der Waals surface area contributed by atoms with E-state index in [2.05, 4.69) is 15.4 Å². The van der Waals surface area contributed by atoms with Gasteiger partial charge in [0.15, 0.2) is 5.82 Å². The number of fused-ring (bicyclic) bond motifs is 2. The first kappa shape index (κ1) is 20.7. The summed E-state index contributed by atoms with van der Waals surface area (Å²) in [5.74, 6) is -0.308. The van der Waals surface area contributed by atoms with Gasteiger partial charge in [-0.05, 0) is 42.6 Å². The molecule has 5 rings (SSSR count).